The second-order valence-electron chi connectivity index (χ2n) is 6.62. The summed E-state index contributed by atoms with van der Waals surface area (Å²) in [7, 11) is 1.59. The van der Waals surface area contributed by atoms with Crippen molar-refractivity contribution in [1.82, 2.24) is 4.98 Å². The zero-order valence-corrected chi connectivity index (χ0v) is 18.6. The van der Waals surface area contributed by atoms with Crippen molar-refractivity contribution >= 4 is 35.0 Å². The number of rotatable bonds is 8. The average molecular weight is 443 g/mol. The first kappa shape index (κ1) is 22.2. The van der Waals surface area contributed by atoms with Crippen LogP contribution in [0.4, 0.5) is 5.69 Å². The minimum absolute atomic E-state index is 0.284. The van der Waals surface area contributed by atoms with Crippen LogP contribution in [0.1, 0.15) is 21.5 Å². The number of methoxy groups -OCH3 is 1. The predicted octanol–water partition coefficient (Wildman–Crippen LogP) is 5.78. The van der Waals surface area contributed by atoms with Crippen molar-refractivity contribution in [2.75, 3.05) is 25.6 Å². The number of nitrogens with zero attached hydrogens (tertiary/aromatic N) is 1. The molecule has 0 unspecified atom stereocenters. The lowest BCUT2D eigenvalue weighted by Crippen LogP contribution is -2.15. The lowest BCUT2D eigenvalue weighted by atomic mass is 10.1. The smallest absolute Gasteiger partial charge is 0.258 e. The Balaban J connectivity index is 1.83. The van der Waals surface area contributed by atoms with E-state index in [2.05, 4.69) is 36.3 Å². The van der Waals surface area contributed by atoms with Crippen LogP contribution in [0.5, 0.6) is 5.75 Å². The Morgan fingerprint density at radius 2 is 1.93 bits per heavy atom. The van der Waals surface area contributed by atoms with Gasteiger partial charge in [0, 0.05) is 18.2 Å². The number of para-hydroxylation sites is 1. The van der Waals surface area contributed by atoms with Crippen LogP contribution < -0.4 is 10.1 Å². The number of carbonyl (C=O) groups is 1. The summed E-state index contributed by atoms with van der Waals surface area (Å²) in [6.07, 6.45) is 1.68. The SMILES string of the molecule is COCCOc1c(Cl)cccc1NC(=O)c1cccnc1Sc1ccc(C)c(C)c1. The number of hydrogen-bond acceptors (Lipinski definition) is 5. The van der Waals surface area contributed by atoms with Gasteiger partial charge in [-0.15, -0.1) is 0 Å². The largest absolute Gasteiger partial charge is 0.487 e. The van der Waals surface area contributed by atoms with Crippen LogP contribution in [0.2, 0.25) is 5.02 Å². The van der Waals surface area contributed by atoms with Gasteiger partial charge in [0.05, 0.1) is 22.9 Å². The van der Waals surface area contributed by atoms with E-state index in [0.29, 0.717) is 40.3 Å². The zero-order valence-electron chi connectivity index (χ0n) is 17.1. The first-order valence-corrected chi connectivity index (χ1v) is 10.6. The van der Waals surface area contributed by atoms with Gasteiger partial charge in [0.25, 0.3) is 5.91 Å². The van der Waals surface area contributed by atoms with Gasteiger partial charge in [0.15, 0.2) is 5.75 Å². The summed E-state index contributed by atoms with van der Waals surface area (Å²) in [5.74, 6) is 0.130. The number of hydrogen-bond donors (Lipinski definition) is 1. The van der Waals surface area contributed by atoms with Crippen LogP contribution in [0, 0.1) is 13.8 Å². The molecule has 3 aromatic rings. The first-order valence-electron chi connectivity index (χ1n) is 9.41. The number of ether oxygens (including phenoxy) is 2. The van der Waals surface area contributed by atoms with Gasteiger partial charge in [-0.1, -0.05) is 35.5 Å². The van der Waals surface area contributed by atoms with E-state index >= 15 is 0 Å². The van der Waals surface area contributed by atoms with Gasteiger partial charge < -0.3 is 14.8 Å². The highest BCUT2D eigenvalue weighted by Crippen LogP contribution is 2.34. The molecule has 3 rings (SSSR count). The van der Waals surface area contributed by atoms with Crippen molar-refractivity contribution in [3.8, 4) is 5.75 Å². The lowest BCUT2D eigenvalue weighted by molar-refractivity contribution is 0.102. The van der Waals surface area contributed by atoms with Crippen LogP contribution in [0.15, 0.2) is 64.6 Å². The number of nitrogens with one attached hydrogen (secondary N) is 1. The second-order valence-corrected chi connectivity index (χ2v) is 8.09. The van der Waals surface area contributed by atoms with E-state index in [1.807, 2.05) is 6.07 Å². The number of pyridine rings is 1. The Morgan fingerprint density at radius 3 is 2.70 bits per heavy atom. The first-order chi connectivity index (χ1) is 14.5. The summed E-state index contributed by atoms with van der Waals surface area (Å²) < 4.78 is 10.7. The Morgan fingerprint density at radius 1 is 1.10 bits per heavy atom. The molecule has 0 aliphatic rings. The molecular weight excluding hydrogens is 420 g/mol. The van der Waals surface area contributed by atoms with Gasteiger partial charge in [-0.25, -0.2) is 4.98 Å². The summed E-state index contributed by atoms with van der Waals surface area (Å²) >= 11 is 7.72. The third-order valence-corrected chi connectivity index (χ3v) is 5.76. The molecule has 1 heterocycles. The fourth-order valence-corrected chi connectivity index (χ4v) is 3.91. The zero-order chi connectivity index (χ0) is 21.5. The van der Waals surface area contributed by atoms with Gasteiger partial charge >= 0.3 is 0 Å². The maximum Gasteiger partial charge on any atom is 0.258 e. The van der Waals surface area contributed by atoms with Crippen LogP contribution in [0.3, 0.4) is 0 Å². The fraction of sp³-hybridized carbons (Fsp3) is 0.217. The Kier molecular flexibility index (Phi) is 7.74. The molecule has 0 atom stereocenters. The number of amides is 1. The highest BCUT2D eigenvalue weighted by molar-refractivity contribution is 7.99. The van der Waals surface area contributed by atoms with E-state index in [1.54, 1.807) is 43.6 Å². The molecule has 30 heavy (non-hydrogen) atoms. The summed E-state index contributed by atoms with van der Waals surface area (Å²) in [4.78, 5) is 18.5. The topological polar surface area (TPSA) is 60.5 Å². The molecule has 1 aromatic heterocycles. The maximum atomic E-state index is 13.1. The lowest BCUT2D eigenvalue weighted by Gasteiger charge is -2.15. The molecule has 7 heteroatoms. The van der Waals surface area contributed by atoms with Gasteiger partial charge in [0.1, 0.15) is 11.6 Å². The van der Waals surface area contributed by atoms with E-state index in [9.17, 15) is 4.79 Å². The summed E-state index contributed by atoms with van der Waals surface area (Å²) in [6, 6.07) is 14.9. The van der Waals surface area contributed by atoms with E-state index in [-0.39, 0.29) is 5.91 Å². The molecule has 0 aliphatic heterocycles. The number of aromatic nitrogens is 1. The maximum absolute atomic E-state index is 13.1. The quantitative estimate of drug-likeness (QED) is 0.448. The van der Waals surface area contributed by atoms with Crippen LogP contribution in [0.25, 0.3) is 0 Å². The number of benzene rings is 2. The Labute approximate surface area is 185 Å². The normalized spacial score (nSPS) is 10.7. The Bertz CT molecular complexity index is 1040. The van der Waals surface area contributed by atoms with E-state index in [0.717, 1.165) is 4.90 Å². The van der Waals surface area contributed by atoms with Crippen LogP contribution in [-0.4, -0.2) is 31.2 Å². The third kappa shape index (κ3) is 5.53. The molecule has 0 saturated carbocycles. The summed E-state index contributed by atoms with van der Waals surface area (Å²) in [6.45, 7) is 4.87. The molecule has 0 fully saturated rings. The van der Waals surface area contributed by atoms with Gasteiger partial charge in [-0.05, 0) is 61.4 Å². The van der Waals surface area contributed by atoms with Crippen molar-refractivity contribution in [2.45, 2.75) is 23.8 Å². The van der Waals surface area contributed by atoms with Gasteiger partial charge in [-0.3, -0.25) is 4.79 Å². The Hall–Kier alpha value is -2.54. The van der Waals surface area contributed by atoms with E-state index in [1.165, 1.54) is 22.9 Å². The third-order valence-electron chi connectivity index (χ3n) is 4.46. The van der Waals surface area contributed by atoms with E-state index < -0.39 is 0 Å². The van der Waals surface area contributed by atoms with Crippen molar-refractivity contribution in [2.24, 2.45) is 0 Å². The fourth-order valence-electron chi connectivity index (χ4n) is 2.70. The molecule has 5 nitrogen and oxygen atoms in total. The number of carbonyl (C=O) groups excluding carboxylic acids is 1. The van der Waals surface area contributed by atoms with Crippen molar-refractivity contribution in [3.05, 3.63) is 76.4 Å². The predicted molar refractivity (Wildman–Crippen MR) is 121 cm³/mol. The molecule has 156 valence electrons. The van der Waals surface area contributed by atoms with Gasteiger partial charge in [0.2, 0.25) is 0 Å². The van der Waals surface area contributed by atoms with Crippen LogP contribution >= 0.6 is 23.4 Å². The number of halogens is 1. The van der Waals surface area contributed by atoms with Gasteiger partial charge in [-0.2, -0.15) is 0 Å². The number of aryl methyl sites for hydroxylation is 2. The van der Waals surface area contributed by atoms with Crippen molar-refractivity contribution < 1.29 is 14.3 Å². The minimum atomic E-state index is -0.284. The molecule has 0 bridgehead atoms. The van der Waals surface area contributed by atoms with Crippen molar-refractivity contribution in [1.29, 1.82) is 0 Å². The molecule has 0 spiro atoms. The monoisotopic (exact) mass is 442 g/mol. The highest BCUT2D eigenvalue weighted by atomic mass is 35.5. The molecule has 2 aromatic carbocycles. The second kappa shape index (κ2) is 10.5. The average Bonchev–Trinajstić information content (AvgIpc) is 2.73. The highest BCUT2D eigenvalue weighted by Gasteiger charge is 2.17. The molecule has 0 saturated heterocycles. The molecular formula is C23H23ClN2O3S. The standard InChI is InChI=1S/C23H23ClN2O3S/c1-15-9-10-17(14-16(15)2)30-23-18(6-5-11-25-23)22(27)26-20-8-4-7-19(24)21(20)29-13-12-28-3/h4-11,14H,12-13H2,1-3H3,(H,26,27). The molecule has 1 N–H and O–H groups in total. The van der Waals surface area contributed by atoms with E-state index in [4.69, 9.17) is 21.1 Å². The minimum Gasteiger partial charge on any atom is -0.487 e. The molecule has 0 aliphatic carbocycles. The molecule has 0 radical (unpaired) electrons. The van der Waals surface area contributed by atoms with Crippen LogP contribution in [-0.2, 0) is 4.74 Å². The summed E-state index contributed by atoms with van der Waals surface area (Å²) in [5.41, 5.74) is 3.39. The summed E-state index contributed by atoms with van der Waals surface area (Å²) in [5, 5.41) is 3.94. The number of anilines is 1. The van der Waals surface area contributed by atoms with Crippen molar-refractivity contribution in [3.63, 3.8) is 0 Å². The molecule has 1 amide bonds.